The Balaban J connectivity index is 1.73. The number of carbonyl (C=O) groups excluding carboxylic acids is 1. The predicted molar refractivity (Wildman–Crippen MR) is 71.3 cm³/mol. The molecule has 0 spiro atoms. The second kappa shape index (κ2) is 6.26. The first-order valence-corrected chi connectivity index (χ1v) is 6.69. The van der Waals surface area contributed by atoms with Gasteiger partial charge in [-0.3, -0.25) is 9.78 Å². The van der Waals surface area contributed by atoms with Crippen LogP contribution in [0.5, 0.6) is 0 Å². The van der Waals surface area contributed by atoms with Gasteiger partial charge < -0.3 is 5.32 Å². The smallest absolute Gasteiger partial charge is 0.220 e. The molecule has 0 fully saturated rings. The summed E-state index contributed by atoms with van der Waals surface area (Å²) in [5.74, 6) is 0.0357. The van der Waals surface area contributed by atoms with Crippen LogP contribution < -0.4 is 5.32 Å². The SMILES string of the molecule is Cc1csc(CCC(=O)NCc2ccccn2)n1. The molecule has 18 heavy (non-hydrogen) atoms. The number of amides is 1. The van der Waals surface area contributed by atoms with Gasteiger partial charge in [-0.2, -0.15) is 0 Å². The highest BCUT2D eigenvalue weighted by molar-refractivity contribution is 7.09. The number of hydrogen-bond acceptors (Lipinski definition) is 4. The average Bonchev–Trinajstić information content (AvgIpc) is 2.81. The summed E-state index contributed by atoms with van der Waals surface area (Å²) in [6.45, 7) is 2.44. The predicted octanol–water partition coefficient (Wildman–Crippen LogP) is 2.10. The minimum Gasteiger partial charge on any atom is -0.350 e. The van der Waals surface area contributed by atoms with Gasteiger partial charge in [-0.15, -0.1) is 11.3 Å². The molecule has 4 nitrogen and oxygen atoms in total. The molecule has 0 aliphatic heterocycles. The molecule has 2 heterocycles. The number of aryl methyl sites for hydroxylation is 2. The Morgan fingerprint density at radius 2 is 2.33 bits per heavy atom. The zero-order valence-electron chi connectivity index (χ0n) is 10.2. The molecule has 0 bridgehead atoms. The van der Waals surface area contributed by atoms with Crippen molar-refractivity contribution in [3.8, 4) is 0 Å². The van der Waals surface area contributed by atoms with Crippen LogP contribution in [0.2, 0.25) is 0 Å². The van der Waals surface area contributed by atoms with Crippen LogP contribution in [0.1, 0.15) is 22.8 Å². The van der Waals surface area contributed by atoms with E-state index in [1.165, 1.54) is 0 Å². The molecule has 0 aliphatic carbocycles. The third kappa shape index (κ3) is 3.92. The lowest BCUT2D eigenvalue weighted by molar-refractivity contribution is -0.121. The molecule has 0 aliphatic rings. The zero-order chi connectivity index (χ0) is 12.8. The normalized spacial score (nSPS) is 10.3. The second-order valence-corrected chi connectivity index (χ2v) is 4.92. The third-order valence-corrected chi connectivity index (χ3v) is 3.45. The standard InChI is InChI=1S/C13H15N3OS/c1-10-9-18-13(16-10)6-5-12(17)15-8-11-4-2-3-7-14-11/h2-4,7,9H,5-6,8H2,1H3,(H,15,17). The quantitative estimate of drug-likeness (QED) is 0.896. The lowest BCUT2D eigenvalue weighted by Gasteiger charge is -2.03. The van der Waals surface area contributed by atoms with Crippen molar-refractivity contribution in [3.05, 3.63) is 46.2 Å². The monoisotopic (exact) mass is 261 g/mol. The van der Waals surface area contributed by atoms with Crippen LogP contribution >= 0.6 is 11.3 Å². The summed E-state index contributed by atoms with van der Waals surface area (Å²) >= 11 is 1.60. The first-order chi connectivity index (χ1) is 8.74. The van der Waals surface area contributed by atoms with Crippen LogP contribution in [0, 0.1) is 6.92 Å². The molecule has 0 saturated carbocycles. The van der Waals surface area contributed by atoms with E-state index in [1.807, 2.05) is 30.5 Å². The van der Waals surface area contributed by atoms with Crippen LogP contribution in [0.15, 0.2) is 29.8 Å². The van der Waals surface area contributed by atoms with Crippen LogP contribution in [-0.2, 0) is 17.8 Å². The molecule has 2 aromatic heterocycles. The van der Waals surface area contributed by atoms with Crippen molar-refractivity contribution >= 4 is 17.2 Å². The summed E-state index contributed by atoms with van der Waals surface area (Å²) in [6.07, 6.45) is 2.90. The molecule has 94 valence electrons. The number of carbonyl (C=O) groups is 1. The number of hydrogen-bond donors (Lipinski definition) is 1. The van der Waals surface area contributed by atoms with Crippen molar-refractivity contribution in [1.29, 1.82) is 0 Å². The van der Waals surface area contributed by atoms with E-state index in [-0.39, 0.29) is 5.91 Å². The van der Waals surface area contributed by atoms with E-state index >= 15 is 0 Å². The third-order valence-electron chi connectivity index (χ3n) is 2.43. The van der Waals surface area contributed by atoms with Gasteiger partial charge in [0.25, 0.3) is 0 Å². The maximum absolute atomic E-state index is 11.6. The molecule has 1 amide bonds. The molecule has 2 rings (SSSR count). The summed E-state index contributed by atoms with van der Waals surface area (Å²) in [4.78, 5) is 20.1. The highest BCUT2D eigenvalue weighted by Crippen LogP contribution is 2.10. The number of pyridine rings is 1. The van der Waals surface area contributed by atoms with E-state index in [9.17, 15) is 4.79 Å². The van der Waals surface area contributed by atoms with Gasteiger partial charge in [-0.05, 0) is 19.1 Å². The zero-order valence-corrected chi connectivity index (χ0v) is 11.0. The lowest BCUT2D eigenvalue weighted by atomic mass is 10.3. The first kappa shape index (κ1) is 12.7. The molecular weight excluding hydrogens is 246 g/mol. The van der Waals surface area contributed by atoms with E-state index in [2.05, 4.69) is 15.3 Å². The minimum atomic E-state index is 0.0357. The largest absolute Gasteiger partial charge is 0.350 e. The summed E-state index contributed by atoms with van der Waals surface area (Å²) in [5.41, 5.74) is 1.89. The number of aromatic nitrogens is 2. The van der Waals surface area contributed by atoms with Crippen molar-refractivity contribution in [2.75, 3.05) is 0 Å². The molecule has 0 radical (unpaired) electrons. The molecule has 0 aromatic carbocycles. The van der Waals surface area contributed by atoms with Crippen molar-refractivity contribution in [2.24, 2.45) is 0 Å². The minimum absolute atomic E-state index is 0.0357. The van der Waals surface area contributed by atoms with Gasteiger partial charge in [0.2, 0.25) is 5.91 Å². The van der Waals surface area contributed by atoms with Gasteiger partial charge in [0.1, 0.15) is 0 Å². The summed E-state index contributed by atoms with van der Waals surface area (Å²) < 4.78 is 0. The van der Waals surface area contributed by atoms with Gasteiger partial charge in [0.15, 0.2) is 0 Å². The summed E-state index contributed by atoms with van der Waals surface area (Å²) in [5, 5.41) is 5.87. The van der Waals surface area contributed by atoms with E-state index in [4.69, 9.17) is 0 Å². The van der Waals surface area contributed by atoms with E-state index < -0.39 is 0 Å². The fourth-order valence-electron chi connectivity index (χ4n) is 1.52. The van der Waals surface area contributed by atoms with Crippen molar-refractivity contribution in [2.45, 2.75) is 26.3 Å². The van der Waals surface area contributed by atoms with Crippen LogP contribution in [0.25, 0.3) is 0 Å². The maximum Gasteiger partial charge on any atom is 0.220 e. The van der Waals surface area contributed by atoms with Crippen molar-refractivity contribution in [1.82, 2.24) is 15.3 Å². The molecule has 1 N–H and O–H groups in total. The molecule has 5 heteroatoms. The Morgan fingerprint density at radius 3 is 3.00 bits per heavy atom. The Bertz CT molecular complexity index is 510. The van der Waals surface area contributed by atoms with E-state index in [0.29, 0.717) is 19.4 Å². The molecule has 0 atom stereocenters. The fraction of sp³-hybridized carbons (Fsp3) is 0.308. The van der Waals surface area contributed by atoms with Crippen LogP contribution in [0.3, 0.4) is 0 Å². The van der Waals surface area contributed by atoms with E-state index in [0.717, 1.165) is 16.4 Å². The molecule has 0 saturated heterocycles. The number of nitrogens with one attached hydrogen (secondary N) is 1. The topological polar surface area (TPSA) is 54.9 Å². The van der Waals surface area contributed by atoms with Crippen LogP contribution in [0.4, 0.5) is 0 Å². The van der Waals surface area contributed by atoms with Gasteiger partial charge in [-0.1, -0.05) is 6.07 Å². The Morgan fingerprint density at radius 1 is 1.44 bits per heavy atom. The molecule has 2 aromatic rings. The number of rotatable bonds is 5. The van der Waals surface area contributed by atoms with Gasteiger partial charge >= 0.3 is 0 Å². The molecular formula is C13H15N3OS. The highest BCUT2D eigenvalue weighted by Gasteiger charge is 2.05. The van der Waals surface area contributed by atoms with Gasteiger partial charge in [-0.25, -0.2) is 4.98 Å². The van der Waals surface area contributed by atoms with Gasteiger partial charge in [0.05, 0.1) is 17.2 Å². The molecule has 0 unspecified atom stereocenters. The Labute approximate surface area is 110 Å². The summed E-state index contributed by atoms with van der Waals surface area (Å²) in [7, 11) is 0. The van der Waals surface area contributed by atoms with E-state index in [1.54, 1.807) is 17.5 Å². The van der Waals surface area contributed by atoms with Crippen LogP contribution in [-0.4, -0.2) is 15.9 Å². The number of nitrogens with zero attached hydrogens (tertiary/aromatic N) is 2. The highest BCUT2D eigenvalue weighted by atomic mass is 32.1. The van der Waals surface area contributed by atoms with Crippen molar-refractivity contribution < 1.29 is 4.79 Å². The Kier molecular flexibility index (Phi) is 4.41. The second-order valence-electron chi connectivity index (χ2n) is 3.98. The van der Waals surface area contributed by atoms with Crippen molar-refractivity contribution in [3.63, 3.8) is 0 Å². The summed E-state index contributed by atoms with van der Waals surface area (Å²) in [6, 6.07) is 5.66. The average molecular weight is 261 g/mol. The van der Waals surface area contributed by atoms with Gasteiger partial charge in [0, 0.05) is 30.1 Å². The Hall–Kier alpha value is -1.75. The maximum atomic E-state index is 11.6. The lowest BCUT2D eigenvalue weighted by Crippen LogP contribution is -2.23. The first-order valence-electron chi connectivity index (χ1n) is 5.81. The fourth-order valence-corrected chi connectivity index (χ4v) is 2.29. The number of thiazole rings is 1.